The second-order valence-corrected chi connectivity index (χ2v) is 9.70. The molecule has 186 valence electrons. The minimum Gasteiger partial charge on any atom is -0.494 e. The van der Waals surface area contributed by atoms with Crippen LogP contribution in [0.15, 0.2) is 73.1 Å². The van der Waals surface area contributed by atoms with Crippen LogP contribution < -0.4 is 20.1 Å². The number of amides is 1. The van der Waals surface area contributed by atoms with E-state index in [0.717, 1.165) is 26.2 Å². The van der Waals surface area contributed by atoms with Gasteiger partial charge in [0.1, 0.15) is 28.5 Å². The lowest BCUT2D eigenvalue weighted by atomic mass is 10.0. The maximum atomic E-state index is 12.8. The number of thiophene rings is 1. The van der Waals surface area contributed by atoms with Crippen molar-refractivity contribution >= 4 is 44.7 Å². The van der Waals surface area contributed by atoms with Gasteiger partial charge in [0.25, 0.3) is 5.91 Å². The van der Waals surface area contributed by atoms with E-state index in [1.807, 2.05) is 18.2 Å². The average molecular weight is 511 g/mol. The molecule has 2 aromatic heterocycles. The van der Waals surface area contributed by atoms with Gasteiger partial charge < -0.3 is 20.1 Å². The van der Waals surface area contributed by atoms with Crippen LogP contribution in [0.3, 0.4) is 0 Å². The second kappa shape index (κ2) is 10.3. The van der Waals surface area contributed by atoms with E-state index >= 15 is 0 Å². The SMILES string of the molecule is COc1cc(Nc2ncnc3sc(C)c(-c4ccc(C)cc4)c23)c(OC)cc1NC(=O)c1ccccc1. The van der Waals surface area contributed by atoms with Gasteiger partial charge in [-0.3, -0.25) is 4.79 Å². The number of aryl methyl sites for hydroxylation is 2. The van der Waals surface area contributed by atoms with Crippen molar-refractivity contribution < 1.29 is 14.3 Å². The molecule has 0 unspecified atom stereocenters. The first kappa shape index (κ1) is 24.3. The van der Waals surface area contributed by atoms with Gasteiger partial charge in [-0.1, -0.05) is 48.0 Å². The molecule has 5 rings (SSSR count). The van der Waals surface area contributed by atoms with Crippen molar-refractivity contribution in [2.24, 2.45) is 0 Å². The number of nitrogens with zero attached hydrogens (tertiary/aromatic N) is 2. The molecule has 3 aromatic carbocycles. The first-order valence-corrected chi connectivity index (χ1v) is 12.5. The Bertz CT molecular complexity index is 1580. The Labute approximate surface area is 219 Å². The molecule has 0 aliphatic carbocycles. The lowest BCUT2D eigenvalue weighted by molar-refractivity contribution is 0.102. The third kappa shape index (κ3) is 4.83. The summed E-state index contributed by atoms with van der Waals surface area (Å²) in [5, 5.41) is 7.28. The summed E-state index contributed by atoms with van der Waals surface area (Å²) < 4.78 is 11.3. The molecule has 0 atom stereocenters. The standard InChI is InChI=1S/C29H26N4O3S/c1-17-10-12-19(13-11-17)25-18(2)37-29-26(25)27(30-16-31-29)32-21-14-24(36-4)22(15-23(21)35-3)33-28(34)20-8-6-5-7-9-20/h5-16H,1-4H3,(H,33,34)(H,30,31,32). The van der Waals surface area contributed by atoms with Gasteiger partial charge in [0.05, 0.1) is 31.0 Å². The van der Waals surface area contributed by atoms with Gasteiger partial charge in [-0.05, 0) is 31.5 Å². The molecule has 0 saturated heterocycles. The normalized spacial score (nSPS) is 10.8. The van der Waals surface area contributed by atoms with Gasteiger partial charge in [-0.25, -0.2) is 9.97 Å². The summed E-state index contributed by atoms with van der Waals surface area (Å²) >= 11 is 1.63. The molecule has 37 heavy (non-hydrogen) atoms. The molecular formula is C29H26N4O3S. The summed E-state index contributed by atoms with van der Waals surface area (Å²) in [5.41, 5.74) is 5.10. The number of benzene rings is 3. The predicted molar refractivity (Wildman–Crippen MR) is 150 cm³/mol. The molecule has 0 bridgehead atoms. The number of fused-ring (bicyclic) bond motifs is 1. The Morgan fingerprint density at radius 3 is 2.24 bits per heavy atom. The fourth-order valence-corrected chi connectivity index (χ4v) is 5.22. The van der Waals surface area contributed by atoms with Crippen LogP contribution in [-0.2, 0) is 0 Å². The highest BCUT2D eigenvalue weighted by Crippen LogP contribution is 2.43. The van der Waals surface area contributed by atoms with E-state index in [1.165, 1.54) is 5.56 Å². The molecule has 0 spiro atoms. The predicted octanol–water partition coefficient (Wildman–Crippen LogP) is 6.99. The van der Waals surface area contributed by atoms with Gasteiger partial charge in [0, 0.05) is 28.1 Å². The molecule has 2 N–H and O–H groups in total. The van der Waals surface area contributed by atoms with E-state index in [4.69, 9.17) is 9.47 Å². The van der Waals surface area contributed by atoms with Crippen LogP contribution >= 0.6 is 11.3 Å². The first-order chi connectivity index (χ1) is 18.0. The molecule has 2 heterocycles. The number of hydrogen-bond acceptors (Lipinski definition) is 7. The zero-order chi connectivity index (χ0) is 25.9. The minimum atomic E-state index is -0.240. The number of rotatable bonds is 7. The molecule has 0 fully saturated rings. The summed E-state index contributed by atoms with van der Waals surface area (Å²) in [6.45, 7) is 4.17. The number of carbonyl (C=O) groups is 1. The quantitative estimate of drug-likeness (QED) is 0.245. The van der Waals surface area contributed by atoms with Crippen LogP contribution in [0.4, 0.5) is 17.2 Å². The average Bonchev–Trinajstić information content (AvgIpc) is 3.26. The number of nitrogens with one attached hydrogen (secondary N) is 2. The minimum absolute atomic E-state index is 0.240. The van der Waals surface area contributed by atoms with E-state index in [2.05, 4.69) is 58.7 Å². The number of carbonyl (C=O) groups excluding carboxylic acids is 1. The lowest BCUT2D eigenvalue weighted by Gasteiger charge is -2.17. The molecule has 0 saturated carbocycles. The van der Waals surface area contributed by atoms with E-state index in [1.54, 1.807) is 56.1 Å². The number of anilines is 3. The first-order valence-electron chi connectivity index (χ1n) is 11.7. The summed E-state index contributed by atoms with van der Waals surface area (Å²) in [6.07, 6.45) is 1.55. The van der Waals surface area contributed by atoms with Crippen molar-refractivity contribution in [2.45, 2.75) is 13.8 Å². The highest BCUT2D eigenvalue weighted by Gasteiger charge is 2.20. The highest BCUT2D eigenvalue weighted by atomic mass is 32.1. The van der Waals surface area contributed by atoms with Crippen LogP contribution in [0, 0.1) is 13.8 Å². The van der Waals surface area contributed by atoms with E-state index in [9.17, 15) is 4.79 Å². The molecule has 7 nitrogen and oxygen atoms in total. The Morgan fingerprint density at radius 2 is 1.54 bits per heavy atom. The Hall–Kier alpha value is -4.43. The molecule has 8 heteroatoms. The summed E-state index contributed by atoms with van der Waals surface area (Å²) in [5.74, 6) is 1.43. The van der Waals surface area contributed by atoms with Crippen molar-refractivity contribution in [2.75, 3.05) is 24.9 Å². The Balaban J connectivity index is 1.55. The molecule has 5 aromatic rings. The summed E-state index contributed by atoms with van der Waals surface area (Å²) in [4.78, 5) is 23.9. The van der Waals surface area contributed by atoms with Crippen molar-refractivity contribution in [3.63, 3.8) is 0 Å². The van der Waals surface area contributed by atoms with E-state index in [-0.39, 0.29) is 5.91 Å². The van der Waals surface area contributed by atoms with Gasteiger partial charge in [0.15, 0.2) is 0 Å². The molecule has 1 amide bonds. The van der Waals surface area contributed by atoms with Crippen molar-refractivity contribution in [1.29, 1.82) is 0 Å². The van der Waals surface area contributed by atoms with E-state index < -0.39 is 0 Å². The number of methoxy groups -OCH3 is 2. The zero-order valence-electron chi connectivity index (χ0n) is 21.0. The van der Waals surface area contributed by atoms with Crippen LogP contribution in [0.25, 0.3) is 21.3 Å². The molecule has 0 radical (unpaired) electrons. The monoisotopic (exact) mass is 510 g/mol. The number of ether oxygens (including phenoxy) is 2. The van der Waals surface area contributed by atoms with Crippen molar-refractivity contribution in [3.05, 3.63) is 89.1 Å². The second-order valence-electron chi connectivity index (χ2n) is 8.50. The highest BCUT2D eigenvalue weighted by molar-refractivity contribution is 7.19. The molecular weight excluding hydrogens is 484 g/mol. The fourth-order valence-electron chi connectivity index (χ4n) is 4.21. The Morgan fingerprint density at radius 1 is 0.865 bits per heavy atom. The van der Waals surface area contributed by atoms with Crippen molar-refractivity contribution in [3.8, 4) is 22.6 Å². The lowest BCUT2D eigenvalue weighted by Crippen LogP contribution is -2.13. The largest absolute Gasteiger partial charge is 0.494 e. The third-order valence-electron chi connectivity index (χ3n) is 6.06. The number of aromatic nitrogens is 2. The maximum Gasteiger partial charge on any atom is 0.255 e. The zero-order valence-corrected chi connectivity index (χ0v) is 21.8. The Kier molecular flexibility index (Phi) is 6.74. The fraction of sp³-hybridized carbons (Fsp3) is 0.138. The van der Waals surface area contributed by atoms with Crippen LogP contribution in [0.5, 0.6) is 11.5 Å². The topological polar surface area (TPSA) is 85.4 Å². The number of hydrogen-bond donors (Lipinski definition) is 2. The van der Waals surface area contributed by atoms with Gasteiger partial charge in [0.2, 0.25) is 0 Å². The van der Waals surface area contributed by atoms with E-state index in [0.29, 0.717) is 34.3 Å². The van der Waals surface area contributed by atoms with Gasteiger partial charge >= 0.3 is 0 Å². The van der Waals surface area contributed by atoms with Gasteiger partial charge in [-0.15, -0.1) is 11.3 Å². The van der Waals surface area contributed by atoms with Crippen LogP contribution in [-0.4, -0.2) is 30.1 Å². The van der Waals surface area contributed by atoms with Crippen LogP contribution in [0.1, 0.15) is 20.8 Å². The smallest absolute Gasteiger partial charge is 0.255 e. The summed E-state index contributed by atoms with van der Waals surface area (Å²) in [7, 11) is 3.14. The molecule has 0 aliphatic heterocycles. The maximum absolute atomic E-state index is 12.8. The summed E-state index contributed by atoms with van der Waals surface area (Å²) in [6, 6.07) is 21.0. The van der Waals surface area contributed by atoms with Gasteiger partial charge in [-0.2, -0.15) is 0 Å². The van der Waals surface area contributed by atoms with Crippen molar-refractivity contribution in [1.82, 2.24) is 9.97 Å². The molecule has 0 aliphatic rings. The van der Waals surface area contributed by atoms with Crippen LogP contribution in [0.2, 0.25) is 0 Å². The third-order valence-corrected chi connectivity index (χ3v) is 7.08.